The van der Waals surface area contributed by atoms with Gasteiger partial charge in [0.2, 0.25) is 5.91 Å². The van der Waals surface area contributed by atoms with Gasteiger partial charge in [0, 0.05) is 6.08 Å². The average Bonchev–Trinajstić information content (AvgIpc) is 2.64. The fourth-order valence-electron chi connectivity index (χ4n) is 2.19. The van der Waals surface area contributed by atoms with Crippen molar-refractivity contribution in [2.24, 2.45) is 0 Å². The summed E-state index contributed by atoms with van der Waals surface area (Å²) in [6.45, 7) is 0.178. The second-order valence-corrected chi connectivity index (χ2v) is 6.01. The fourth-order valence-corrected chi connectivity index (χ4v) is 2.19. The third-order valence-electron chi connectivity index (χ3n) is 3.63. The van der Waals surface area contributed by atoms with Crippen molar-refractivity contribution >= 4 is 12.0 Å². The molecule has 1 aromatic carbocycles. The molecule has 2 rings (SSSR count). The highest BCUT2D eigenvalue weighted by Crippen LogP contribution is 2.29. The average molecular weight is 418 g/mol. The highest BCUT2D eigenvalue weighted by molar-refractivity contribution is 5.91. The minimum absolute atomic E-state index is 0.0631. The zero-order chi connectivity index (χ0) is 21.7. The van der Waals surface area contributed by atoms with Crippen molar-refractivity contribution in [1.82, 2.24) is 10.3 Å². The molecule has 0 bridgehead atoms. The lowest BCUT2D eigenvalue weighted by molar-refractivity contribution is -0.153. The number of hydrogen-bond donors (Lipinski definition) is 1. The molecule has 10 heteroatoms. The SMILES string of the molecule is C[C@@H](NC(=O)C=Cc1ccc(C(F)(F)F)cc1)c1ccc(OCC(F)(F)F)cn1. The second kappa shape index (κ2) is 8.97. The summed E-state index contributed by atoms with van der Waals surface area (Å²) in [5.74, 6) is -0.580. The summed E-state index contributed by atoms with van der Waals surface area (Å²) >= 11 is 0. The first-order valence-corrected chi connectivity index (χ1v) is 8.25. The van der Waals surface area contributed by atoms with Crippen LogP contribution in [0.3, 0.4) is 0 Å². The van der Waals surface area contributed by atoms with Crippen LogP contribution in [0.1, 0.15) is 29.8 Å². The number of rotatable bonds is 6. The van der Waals surface area contributed by atoms with E-state index in [-0.39, 0.29) is 5.75 Å². The van der Waals surface area contributed by atoms with E-state index in [1.807, 2.05) is 0 Å². The summed E-state index contributed by atoms with van der Waals surface area (Å²) in [4.78, 5) is 15.9. The molecule has 1 atom stereocenters. The Balaban J connectivity index is 1.90. The number of aromatic nitrogens is 1. The van der Waals surface area contributed by atoms with E-state index < -0.39 is 36.5 Å². The number of pyridine rings is 1. The number of alkyl halides is 6. The van der Waals surface area contributed by atoms with Gasteiger partial charge in [-0.15, -0.1) is 0 Å². The number of nitrogens with zero attached hydrogens (tertiary/aromatic N) is 1. The minimum Gasteiger partial charge on any atom is -0.483 e. The zero-order valence-corrected chi connectivity index (χ0v) is 15.0. The van der Waals surface area contributed by atoms with Crippen molar-refractivity contribution in [2.75, 3.05) is 6.61 Å². The monoisotopic (exact) mass is 418 g/mol. The molecule has 0 aliphatic rings. The third kappa shape index (κ3) is 7.47. The van der Waals surface area contributed by atoms with Crippen molar-refractivity contribution in [3.63, 3.8) is 0 Å². The normalized spacial score (nSPS) is 13.3. The van der Waals surface area contributed by atoms with Crippen LogP contribution in [-0.2, 0) is 11.0 Å². The van der Waals surface area contributed by atoms with Crippen LogP contribution in [0, 0.1) is 0 Å². The van der Waals surface area contributed by atoms with Gasteiger partial charge in [0.25, 0.3) is 0 Å². The van der Waals surface area contributed by atoms with Crippen molar-refractivity contribution in [3.05, 3.63) is 65.5 Å². The summed E-state index contributed by atoms with van der Waals surface area (Å²) in [7, 11) is 0. The van der Waals surface area contributed by atoms with Crippen LogP contribution >= 0.6 is 0 Å². The van der Waals surface area contributed by atoms with E-state index in [1.165, 1.54) is 30.3 Å². The molecule has 0 fully saturated rings. The number of benzene rings is 1. The second-order valence-electron chi connectivity index (χ2n) is 6.01. The zero-order valence-electron chi connectivity index (χ0n) is 15.0. The van der Waals surface area contributed by atoms with E-state index in [0.29, 0.717) is 11.3 Å². The van der Waals surface area contributed by atoms with E-state index in [1.54, 1.807) is 6.92 Å². The van der Waals surface area contributed by atoms with Gasteiger partial charge in [-0.05, 0) is 42.8 Å². The van der Waals surface area contributed by atoms with Gasteiger partial charge in [-0.3, -0.25) is 9.78 Å². The molecule has 0 spiro atoms. The molecule has 29 heavy (non-hydrogen) atoms. The van der Waals surface area contributed by atoms with Gasteiger partial charge in [0.15, 0.2) is 6.61 Å². The van der Waals surface area contributed by atoms with E-state index in [0.717, 1.165) is 24.4 Å². The van der Waals surface area contributed by atoms with Crippen LogP contribution in [-0.4, -0.2) is 23.7 Å². The Morgan fingerprint density at radius 3 is 2.28 bits per heavy atom. The molecule has 0 aliphatic heterocycles. The van der Waals surface area contributed by atoms with Crippen molar-refractivity contribution in [1.29, 1.82) is 0 Å². The van der Waals surface area contributed by atoms with E-state index in [4.69, 9.17) is 0 Å². The number of ether oxygens (including phenoxy) is 1. The van der Waals surface area contributed by atoms with Gasteiger partial charge in [0.1, 0.15) is 5.75 Å². The molecule has 1 aromatic heterocycles. The highest BCUT2D eigenvalue weighted by Gasteiger charge is 2.30. The first-order chi connectivity index (χ1) is 13.4. The Kier molecular flexibility index (Phi) is 6.89. The number of carbonyl (C=O) groups is 1. The molecular weight excluding hydrogens is 402 g/mol. The summed E-state index contributed by atoms with van der Waals surface area (Å²) < 4.78 is 78.4. The topological polar surface area (TPSA) is 51.2 Å². The Morgan fingerprint density at radius 1 is 1.10 bits per heavy atom. The van der Waals surface area contributed by atoms with Gasteiger partial charge in [-0.2, -0.15) is 26.3 Å². The maximum Gasteiger partial charge on any atom is 0.422 e. The maximum absolute atomic E-state index is 12.5. The van der Waals surface area contributed by atoms with Crippen LogP contribution in [0.4, 0.5) is 26.3 Å². The Morgan fingerprint density at radius 2 is 1.76 bits per heavy atom. The number of amides is 1. The number of carbonyl (C=O) groups excluding carboxylic acids is 1. The number of hydrogen-bond acceptors (Lipinski definition) is 3. The molecule has 1 amide bonds. The quantitative estimate of drug-likeness (QED) is 0.535. The van der Waals surface area contributed by atoms with Gasteiger partial charge in [-0.1, -0.05) is 12.1 Å². The molecule has 1 heterocycles. The number of nitrogens with one attached hydrogen (secondary N) is 1. The van der Waals surface area contributed by atoms with E-state index in [2.05, 4.69) is 15.0 Å². The van der Waals surface area contributed by atoms with Crippen LogP contribution in [0.5, 0.6) is 5.75 Å². The van der Waals surface area contributed by atoms with Gasteiger partial charge >= 0.3 is 12.4 Å². The molecule has 0 radical (unpaired) electrons. The molecule has 2 aromatic rings. The highest BCUT2D eigenvalue weighted by atomic mass is 19.4. The van der Waals surface area contributed by atoms with Crippen LogP contribution < -0.4 is 10.1 Å². The standard InChI is InChI=1S/C19H16F6N2O2/c1-12(16-8-7-15(10-26-16)29-11-18(20,21)22)27-17(28)9-4-13-2-5-14(6-3-13)19(23,24)25/h2-10,12H,11H2,1H3,(H,27,28)/t12-/m1/s1. The summed E-state index contributed by atoms with van der Waals surface area (Å²) in [5, 5.41) is 2.59. The van der Waals surface area contributed by atoms with Crippen molar-refractivity contribution in [2.45, 2.75) is 25.3 Å². The lowest BCUT2D eigenvalue weighted by atomic mass is 10.1. The Hall–Kier alpha value is -3.04. The largest absolute Gasteiger partial charge is 0.483 e. The minimum atomic E-state index is -4.46. The Bertz CT molecular complexity index is 843. The molecule has 4 nitrogen and oxygen atoms in total. The summed E-state index contributed by atoms with van der Waals surface area (Å²) in [6, 6.07) is 6.44. The predicted octanol–water partition coefficient (Wildman–Crippen LogP) is 4.93. The van der Waals surface area contributed by atoms with Crippen LogP contribution in [0.15, 0.2) is 48.7 Å². The molecule has 0 aliphatic carbocycles. The van der Waals surface area contributed by atoms with Gasteiger partial charge < -0.3 is 10.1 Å². The predicted molar refractivity (Wildman–Crippen MR) is 92.8 cm³/mol. The molecule has 0 saturated carbocycles. The van der Waals surface area contributed by atoms with Gasteiger partial charge in [0.05, 0.1) is 23.5 Å². The molecular formula is C19H16F6N2O2. The third-order valence-corrected chi connectivity index (χ3v) is 3.63. The lowest BCUT2D eigenvalue weighted by Gasteiger charge is -2.13. The fraction of sp³-hybridized carbons (Fsp3) is 0.263. The van der Waals surface area contributed by atoms with E-state index >= 15 is 0 Å². The van der Waals surface area contributed by atoms with Crippen LogP contribution in [0.25, 0.3) is 6.08 Å². The summed E-state index contributed by atoms with van der Waals surface area (Å²) in [5.41, 5.74) is 0.00666. The first kappa shape index (κ1) is 22.3. The lowest BCUT2D eigenvalue weighted by Crippen LogP contribution is -2.25. The molecule has 0 unspecified atom stereocenters. The molecule has 1 N–H and O–H groups in total. The maximum atomic E-state index is 12.5. The Labute approximate surface area is 162 Å². The smallest absolute Gasteiger partial charge is 0.422 e. The first-order valence-electron chi connectivity index (χ1n) is 8.25. The number of halogens is 6. The summed E-state index contributed by atoms with van der Waals surface area (Å²) in [6.07, 6.45) is -5.28. The van der Waals surface area contributed by atoms with Crippen molar-refractivity contribution < 1.29 is 35.9 Å². The van der Waals surface area contributed by atoms with E-state index in [9.17, 15) is 31.1 Å². The van der Waals surface area contributed by atoms with Crippen LogP contribution in [0.2, 0.25) is 0 Å². The van der Waals surface area contributed by atoms with Gasteiger partial charge in [-0.25, -0.2) is 0 Å². The molecule has 0 saturated heterocycles. The van der Waals surface area contributed by atoms with Crippen molar-refractivity contribution in [3.8, 4) is 5.75 Å². The molecule has 156 valence electrons.